The number of nitriles is 1. The molecule has 102 valence electrons. The van der Waals surface area contributed by atoms with E-state index in [1.54, 1.807) is 0 Å². The summed E-state index contributed by atoms with van der Waals surface area (Å²) in [6, 6.07) is 6.21. The lowest BCUT2D eigenvalue weighted by Crippen LogP contribution is -2.20. The average molecular weight is 270 g/mol. The molecule has 0 aliphatic heterocycles. The first-order valence-corrected chi connectivity index (χ1v) is 5.46. The molecule has 2 unspecified atom stereocenters. The van der Waals surface area contributed by atoms with Crippen molar-refractivity contribution >= 4 is 5.69 Å². The molecule has 1 aromatic rings. The quantitative estimate of drug-likeness (QED) is 0.883. The van der Waals surface area contributed by atoms with Crippen LogP contribution in [0.4, 0.5) is 18.9 Å². The van der Waals surface area contributed by atoms with Gasteiger partial charge < -0.3 is 10.4 Å². The first kappa shape index (κ1) is 15.1. The minimum atomic E-state index is -4.38. The maximum atomic E-state index is 12.4. The molecule has 0 saturated carbocycles. The predicted molar refractivity (Wildman–Crippen MR) is 65.0 cm³/mol. The molecular weight excluding hydrogens is 257 g/mol. The Morgan fingerprint density at radius 3 is 2.26 bits per heavy atom. The van der Waals surface area contributed by atoms with Crippen molar-refractivity contribution in [3.8, 4) is 6.07 Å². The highest BCUT2D eigenvalue weighted by Crippen LogP contribution is 2.30. The summed E-state index contributed by atoms with van der Waals surface area (Å²) in [6.07, 6.45) is -5.30. The lowest BCUT2D eigenvalue weighted by molar-refractivity contribution is -0.137. The van der Waals surface area contributed by atoms with Crippen LogP contribution in [0.5, 0.6) is 0 Å². The van der Waals surface area contributed by atoms with Gasteiger partial charge in [-0.25, -0.2) is 0 Å². The summed E-state index contributed by atoms with van der Waals surface area (Å²) in [5, 5.41) is 20.9. The lowest BCUT2D eigenvalue weighted by atomic mass is 10.0. The summed E-state index contributed by atoms with van der Waals surface area (Å²) in [6.45, 7) is 5.04. The van der Waals surface area contributed by atoms with Gasteiger partial charge in [-0.05, 0) is 31.2 Å². The molecule has 6 heteroatoms. The van der Waals surface area contributed by atoms with E-state index in [0.717, 1.165) is 12.1 Å². The Morgan fingerprint density at radius 2 is 1.89 bits per heavy atom. The van der Waals surface area contributed by atoms with E-state index < -0.39 is 23.8 Å². The average Bonchev–Trinajstić information content (AvgIpc) is 2.28. The van der Waals surface area contributed by atoms with Gasteiger partial charge in [0.25, 0.3) is 0 Å². The Bertz CT molecular complexity index is 486. The molecule has 1 rings (SSSR count). The third-order valence-corrected chi connectivity index (χ3v) is 2.51. The first-order valence-electron chi connectivity index (χ1n) is 5.46. The molecule has 3 nitrogen and oxygen atoms in total. The van der Waals surface area contributed by atoms with Gasteiger partial charge in [-0.3, -0.25) is 0 Å². The lowest BCUT2D eigenvalue weighted by Gasteiger charge is -2.17. The van der Waals surface area contributed by atoms with Crippen molar-refractivity contribution in [2.24, 2.45) is 5.92 Å². The van der Waals surface area contributed by atoms with Crippen LogP contribution in [0.15, 0.2) is 36.5 Å². The predicted octanol–water partition coefficient (Wildman–Crippen LogP) is 3.15. The molecule has 0 aliphatic carbocycles. The molecule has 2 N–H and O–H groups in total. The normalized spacial score (nSPS) is 14.3. The fourth-order valence-corrected chi connectivity index (χ4v) is 1.48. The van der Waals surface area contributed by atoms with Gasteiger partial charge in [0.1, 0.15) is 5.92 Å². The maximum absolute atomic E-state index is 12.4. The van der Waals surface area contributed by atoms with Crippen LogP contribution in [0.25, 0.3) is 0 Å². The molecule has 0 fully saturated rings. The van der Waals surface area contributed by atoms with Gasteiger partial charge in [0.05, 0.1) is 17.7 Å². The number of nitrogens with one attached hydrogen (secondary N) is 1. The highest BCUT2D eigenvalue weighted by molar-refractivity contribution is 5.50. The van der Waals surface area contributed by atoms with E-state index in [0.29, 0.717) is 5.69 Å². The van der Waals surface area contributed by atoms with Gasteiger partial charge >= 0.3 is 6.18 Å². The highest BCUT2D eigenvalue weighted by Gasteiger charge is 2.30. The molecule has 0 aliphatic rings. The standard InChI is InChI=1S/C13H13F3N2O/c1-8(12(7-17)9(2)19)18-11-5-3-10(4-6-11)13(14,15)16/h3-6,9,12,18-19H,1H2,2H3. The Balaban J connectivity index is 2.79. The number of rotatable bonds is 4. The monoisotopic (exact) mass is 270 g/mol. The topological polar surface area (TPSA) is 56.0 Å². The van der Waals surface area contributed by atoms with Crippen LogP contribution >= 0.6 is 0 Å². The van der Waals surface area contributed by atoms with Crippen LogP contribution < -0.4 is 5.32 Å². The van der Waals surface area contributed by atoms with Crippen molar-refractivity contribution in [3.63, 3.8) is 0 Å². The Labute approximate surface area is 109 Å². The molecule has 0 amide bonds. The number of anilines is 1. The highest BCUT2D eigenvalue weighted by atomic mass is 19.4. The number of halogens is 3. The number of nitrogens with zero attached hydrogens (tertiary/aromatic N) is 1. The summed E-state index contributed by atoms with van der Waals surface area (Å²) in [5.74, 6) is -0.831. The molecule has 0 heterocycles. The van der Waals surface area contributed by atoms with E-state index in [4.69, 9.17) is 5.26 Å². The molecule has 0 saturated heterocycles. The van der Waals surface area contributed by atoms with Crippen LogP contribution in [0.3, 0.4) is 0 Å². The van der Waals surface area contributed by atoms with Crippen molar-refractivity contribution in [2.75, 3.05) is 5.32 Å². The number of aliphatic hydroxyl groups is 1. The van der Waals surface area contributed by atoms with Gasteiger partial charge in [0.15, 0.2) is 0 Å². The van der Waals surface area contributed by atoms with Gasteiger partial charge in [0.2, 0.25) is 0 Å². The van der Waals surface area contributed by atoms with Crippen LogP contribution in [-0.2, 0) is 6.18 Å². The summed E-state index contributed by atoms with van der Waals surface area (Å²) < 4.78 is 37.1. The van der Waals surface area contributed by atoms with Crippen molar-refractivity contribution in [3.05, 3.63) is 42.1 Å². The minimum Gasteiger partial charge on any atom is -0.392 e. The van der Waals surface area contributed by atoms with Gasteiger partial charge in [0, 0.05) is 11.4 Å². The van der Waals surface area contributed by atoms with Gasteiger partial charge in [-0.1, -0.05) is 6.58 Å². The molecule has 1 aromatic carbocycles. The van der Waals surface area contributed by atoms with Crippen LogP contribution in [0, 0.1) is 17.2 Å². The number of benzene rings is 1. The van der Waals surface area contributed by atoms with E-state index >= 15 is 0 Å². The Hall–Kier alpha value is -2.00. The third-order valence-electron chi connectivity index (χ3n) is 2.51. The van der Waals surface area contributed by atoms with E-state index in [-0.39, 0.29) is 5.70 Å². The van der Waals surface area contributed by atoms with Crippen molar-refractivity contribution in [1.29, 1.82) is 5.26 Å². The summed E-state index contributed by atoms with van der Waals surface area (Å²) in [5.41, 5.74) is -0.146. The molecular formula is C13H13F3N2O. The van der Waals surface area contributed by atoms with Crippen LogP contribution in [-0.4, -0.2) is 11.2 Å². The van der Waals surface area contributed by atoms with E-state index in [1.165, 1.54) is 19.1 Å². The number of aliphatic hydroxyl groups excluding tert-OH is 1. The van der Waals surface area contributed by atoms with E-state index in [2.05, 4.69) is 11.9 Å². The minimum absolute atomic E-state index is 0.234. The zero-order chi connectivity index (χ0) is 14.6. The third kappa shape index (κ3) is 4.00. The summed E-state index contributed by atoms with van der Waals surface area (Å²) in [4.78, 5) is 0. The Kier molecular flexibility index (Phi) is 4.57. The SMILES string of the molecule is C=C(Nc1ccc(C(F)(F)F)cc1)C(C#N)C(C)O. The fraction of sp³-hybridized carbons (Fsp3) is 0.308. The zero-order valence-electron chi connectivity index (χ0n) is 10.2. The van der Waals surface area contributed by atoms with E-state index in [9.17, 15) is 18.3 Å². The Morgan fingerprint density at radius 1 is 1.37 bits per heavy atom. The number of hydrogen-bond acceptors (Lipinski definition) is 3. The van der Waals surface area contributed by atoms with Gasteiger partial charge in [-0.15, -0.1) is 0 Å². The van der Waals surface area contributed by atoms with E-state index in [1.807, 2.05) is 6.07 Å². The summed E-state index contributed by atoms with van der Waals surface area (Å²) >= 11 is 0. The zero-order valence-corrected chi connectivity index (χ0v) is 10.2. The molecule has 2 atom stereocenters. The molecule has 0 radical (unpaired) electrons. The molecule has 0 aromatic heterocycles. The fourth-order valence-electron chi connectivity index (χ4n) is 1.48. The van der Waals surface area contributed by atoms with Crippen LogP contribution in [0.2, 0.25) is 0 Å². The van der Waals surface area contributed by atoms with Crippen molar-refractivity contribution in [1.82, 2.24) is 0 Å². The molecule has 0 spiro atoms. The second-order valence-corrected chi connectivity index (χ2v) is 4.07. The molecule has 0 bridgehead atoms. The number of alkyl halides is 3. The smallest absolute Gasteiger partial charge is 0.392 e. The first-order chi connectivity index (χ1) is 8.75. The number of hydrogen-bond donors (Lipinski definition) is 2. The molecule has 19 heavy (non-hydrogen) atoms. The summed E-state index contributed by atoms with van der Waals surface area (Å²) in [7, 11) is 0. The van der Waals surface area contributed by atoms with Crippen molar-refractivity contribution in [2.45, 2.75) is 19.2 Å². The second-order valence-electron chi connectivity index (χ2n) is 4.07. The van der Waals surface area contributed by atoms with Crippen LogP contribution in [0.1, 0.15) is 12.5 Å². The van der Waals surface area contributed by atoms with Gasteiger partial charge in [-0.2, -0.15) is 18.4 Å². The second kappa shape index (κ2) is 5.76. The maximum Gasteiger partial charge on any atom is 0.416 e. The largest absolute Gasteiger partial charge is 0.416 e. The van der Waals surface area contributed by atoms with Crippen molar-refractivity contribution < 1.29 is 18.3 Å².